The molecule has 1 aliphatic rings. The van der Waals surface area contributed by atoms with Gasteiger partial charge in [0.25, 0.3) is 11.5 Å². The Morgan fingerprint density at radius 2 is 1.86 bits per heavy atom. The highest BCUT2D eigenvalue weighted by molar-refractivity contribution is 6.05. The van der Waals surface area contributed by atoms with Crippen molar-refractivity contribution in [3.63, 3.8) is 0 Å². The Balaban J connectivity index is 1.65. The van der Waals surface area contributed by atoms with Crippen molar-refractivity contribution in [1.82, 2.24) is 19.7 Å². The van der Waals surface area contributed by atoms with Crippen LogP contribution in [0.4, 0.5) is 0 Å². The van der Waals surface area contributed by atoms with Crippen LogP contribution in [-0.4, -0.2) is 52.9 Å². The highest BCUT2D eigenvalue weighted by atomic mass is 16.5. The number of methoxy groups -OCH3 is 2. The third-order valence-electron chi connectivity index (χ3n) is 5.49. The van der Waals surface area contributed by atoms with E-state index in [-0.39, 0.29) is 17.4 Å². The zero-order chi connectivity index (χ0) is 20.7. The van der Waals surface area contributed by atoms with E-state index in [2.05, 4.69) is 10.1 Å². The van der Waals surface area contributed by atoms with Gasteiger partial charge in [-0.25, -0.2) is 4.98 Å². The molecule has 2 aromatic heterocycles. The molecule has 1 amide bonds. The lowest BCUT2D eigenvalue weighted by Crippen LogP contribution is -2.29. The molecular formula is C21H24N4O4. The van der Waals surface area contributed by atoms with E-state index in [4.69, 9.17) is 9.47 Å². The lowest BCUT2D eigenvalue weighted by atomic mass is 9.98. The van der Waals surface area contributed by atoms with Crippen molar-refractivity contribution in [1.29, 1.82) is 0 Å². The van der Waals surface area contributed by atoms with Crippen molar-refractivity contribution in [2.24, 2.45) is 7.05 Å². The number of hydrogen-bond acceptors (Lipinski definition) is 5. The Hall–Kier alpha value is -3.29. The predicted octanol–water partition coefficient (Wildman–Crippen LogP) is 2.22. The lowest BCUT2D eigenvalue weighted by molar-refractivity contribution is 0.0792. The average Bonchev–Trinajstić information content (AvgIpc) is 3.32. The summed E-state index contributed by atoms with van der Waals surface area (Å²) in [7, 11) is 4.96. The summed E-state index contributed by atoms with van der Waals surface area (Å²) < 4.78 is 12.3. The van der Waals surface area contributed by atoms with Gasteiger partial charge in [0.05, 0.1) is 25.2 Å². The van der Waals surface area contributed by atoms with Crippen molar-refractivity contribution in [2.75, 3.05) is 27.3 Å². The topological polar surface area (TPSA) is 89.5 Å². The van der Waals surface area contributed by atoms with Gasteiger partial charge in [0.1, 0.15) is 11.5 Å². The monoisotopic (exact) mass is 396 g/mol. The molecule has 0 spiro atoms. The van der Waals surface area contributed by atoms with E-state index in [0.29, 0.717) is 35.4 Å². The highest BCUT2D eigenvalue weighted by Gasteiger charge is 2.30. The van der Waals surface area contributed by atoms with Crippen LogP contribution in [0, 0.1) is 6.92 Å². The zero-order valence-electron chi connectivity index (χ0n) is 17.0. The molecule has 1 saturated heterocycles. The number of aromatic nitrogens is 3. The van der Waals surface area contributed by atoms with Gasteiger partial charge in [-0.1, -0.05) is 0 Å². The molecular weight excluding hydrogens is 372 g/mol. The minimum atomic E-state index is -0.299. The summed E-state index contributed by atoms with van der Waals surface area (Å²) in [5.41, 5.74) is 2.37. The summed E-state index contributed by atoms with van der Waals surface area (Å²) in [6, 6.07) is 7.50. The Bertz CT molecular complexity index is 1130. The number of benzene rings is 1. The maximum Gasteiger partial charge on any atom is 0.274 e. The number of hydrogen-bond donors (Lipinski definition) is 1. The number of ether oxygens (including phenoxy) is 2. The van der Waals surface area contributed by atoms with Crippen LogP contribution >= 0.6 is 0 Å². The first kappa shape index (κ1) is 19.0. The number of H-pyrrole nitrogens is 1. The maximum atomic E-state index is 13.3. The average molecular weight is 396 g/mol. The fourth-order valence-corrected chi connectivity index (χ4v) is 4.01. The molecule has 1 unspecified atom stereocenters. The number of likely N-dealkylation sites (tertiary alicyclic amines) is 1. The summed E-state index contributed by atoms with van der Waals surface area (Å²) in [6.45, 7) is 3.02. The molecule has 3 aromatic rings. The third kappa shape index (κ3) is 3.35. The number of nitrogens with one attached hydrogen (secondary N) is 1. The second-order valence-electron chi connectivity index (χ2n) is 7.39. The molecule has 0 saturated carbocycles. The molecule has 152 valence electrons. The molecule has 1 aromatic carbocycles. The van der Waals surface area contributed by atoms with E-state index >= 15 is 0 Å². The van der Waals surface area contributed by atoms with Crippen molar-refractivity contribution >= 4 is 16.9 Å². The van der Waals surface area contributed by atoms with Gasteiger partial charge in [-0.3, -0.25) is 19.4 Å². The second-order valence-corrected chi connectivity index (χ2v) is 7.39. The van der Waals surface area contributed by atoms with Crippen LogP contribution in [0.25, 0.3) is 11.0 Å². The summed E-state index contributed by atoms with van der Waals surface area (Å²) in [5, 5.41) is 3.03. The number of fused-ring (bicyclic) bond motifs is 1. The number of rotatable bonds is 4. The molecule has 8 nitrogen and oxygen atoms in total. The molecule has 8 heteroatoms. The smallest absolute Gasteiger partial charge is 0.274 e. The third-order valence-corrected chi connectivity index (χ3v) is 5.49. The van der Waals surface area contributed by atoms with Gasteiger partial charge in [0, 0.05) is 37.8 Å². The van der Waals surface area contributed by atoms with Gasteiger partial charge in [0.2, 0.25) is 0 Å². The number of amides is 1. The molecule has 0 bridgehead atoms. The summed E-state index contributed by atoms with van der Waals surface area (Å²) in [5.74, 6) is 1.49. The van der Waals surface area contributed by atoms with Crippen LogP contribution in [0.3, 0.4) is 0 Å². The summed E-state index contributed by atoms with van der Waals surface area (Å²) >= 11 is 0. The Morgan fingerprint density at radius 3 is 2.52 bits per heavy atom. The van der Waals surface area contributed by atoms with Gasteiger partial charge >= 0.3 is 0 Å². The molecule has 3 heterocycles. The molecule has 1 aliphatic heterocycles. The number of aryl methyl sites for hydroxylation is 2. The van der Waals surface area contributed by atoms with E-state index < -0.39 is 0 Å². The fourth-order valence-electron chi connectivity index (χ4n) is 4.01. The van der Waals surface area contributed by atoms with E-state index in [1.54, 1.807) is 36.9 Å². The first-order valence-electron chi connectivity index (χ1n) is 9.50. The molecule has 1 atom stereocenters. The van der Waals surface area contributed by atoms with Crippen LogP contribution in [0.2, 0.25) is 0 Å². The van der Waals surface area contributed by atoms with E-state index in [9.17, 15) is 9.59 Å². The normalized spacial score (nSPS) is 16.4. The zero-order valence-corrected chi connectivity index (χ0v) is 17.0. The van der Waals surface area contributed by atoms with Crippen LogP contribution < -0.4 is 15.0 Å². The number of carbonyl (C=O) groups is 1. The fraction of sp³-hybridized carbons (Fsp3) is 0.381. The molecule has 29 heavy (non-hydrogen) atoms. The molecule has 0 radical (unpaired) electrons. The van der Waals surface area contributed by atoms with Crippen molar-refractivity contribution in [2.45, 2.75) is 19.3 Å². The number of pyridine rings is 1. The lowest BCUT2D eigenvalue weighted by Gasteiger charge is -2.18. The minimum Gasteiger partial charge on any atom is -0.497 e. The molecule has 4 rings (SSSR count). The number of aromatic amines is 1. The molecule has 1 N–H and O–H groups in total. The van der Waals surface area contributed by atoms with Crippen molar-refractivity contribution in [3.05, 3.63) is 51.4 Å². The minimum absolute atomic E-state index is 0.144. The maximum absolute atomic E-state index is 13.3. The Kier molecular flexibility index (Phi) is 4.77. The Labute approximate surface area is 168 Å². The van der Waals surface area contributed by atoms with Gasteiger partial charge < -0.3 is 14.4 Å². The number of carbonyl (C=O) groups excluding carboxylic acids is 1. The standard InChI is InChI=1S/C21H24N4O4/c1-12-7-17(18-19(22-12)24(2)23-20(18)26)21(27)25-6-5-13(11-25)14-8-15(28-3)10-16(9-14)29-4/h7-10,13H,5-6,11H2,1-4H3,(H,23,26). The van der Waals surface area contributed by atoms with Crippen LogP contribution in [0.1, 0.15) is 34.0 Å². The largest absolute Gasteiger partial charge is 0.497 e. The van der Waals surface area contributed by atoms with E-state index in [1.807, 2.05) is 25.1 Å². The first-order valence-corrected chi connectivity index (χ1v) is 9.50. The van der Waals surface area contributed by atoms with Gasteiger partial charge in [-0.15, -0.1) is 0 Å². The summed E-state index contributed by atoms with van der Waals surface area (Å²) in [4.78, 5) is 31.8. The van der Waals surface area contributed by atoms with Gasteiger partial charge in [-0.05, 0) is 37.1 Å². The highest BCUT2D eigenvalue weighted by Crippen LogP contribution is 2.33. The molecule has 1 fully saturated rings. The van der Waals surface area contributed by atoms with E-state index in [1.165, 1.54) is 0 Å². The summed E-state index contributed by atoms with van der Waals surface area (Å²) in [6.07, 6.45) is 0.834. The quantitative estimate of drug-likeness (QED) is 0.730. The van der Waals surface area contributed by atoms with Crippen LogP contribution in [0.15, 0.2) is 29.1 Å². The van der Waals surface area contributed by atoms with Crippen molar-refractivity contribution in [3.8, 4) is 11.5 Å². The van der Waals surface area contributed by atoms with Crippen LogP contribution in [0.5, 0.6) is 11.5 Å². The molecule has 0 aliphatic carbocycles. The first-order chi connectivity index (χ1) is 13.9. The Morgan fingerprint density at radius 1 is 1.17 bits per heavy atom. The van der Waals surface area contributed by atoms with Gasteiger partial charge in [0.15, 0.2) is 5.65 Å². The van der Waals surface area contributed by atoms with E-state index in [0.717, 1.165) is 23.5 Å². The van der Waals surface area contributed by atoms with Gasteiger partial charge in [-0.2, -0.15) is 0 Å². The van der Waals surface area contributed by atoms with Crippen LogP contribution in [-0.2, 0) is 7.05 Å². The SMILES string of the molecule is COc1cc(OC)cc(C2CCN(C(=O)c3cc(C)nc4c3c(=O)[nH]n4C)C2)c1. The van der Waals surface area contributed by atoms with Crippen molar-refractivity contribution < 1.29 is 14.3 Å². The number of nitrogens with zero attached hydrogens (tertiary/aromatic N) is 3. The predicted molar refractivity (Wildman–Crippen MR) is 109 cm³/mol. The second kappa shape index (κ2) is 7.27.